The molecular weight excluding hydrogens is 174 g/mol. The van der Waals surface area contributed by atoms with Crippen molar-refractivity contribution in [3.8, 4) is 5.75 Å². The molecule has 0 saturated carbocycles. The quantitative estimate of drug-likeness (QED) is 0.667. The van der Waals surface area contributed by atoms with E-state index in [0.29, 0.717) is 0 Å². The molecule has 0 amide bonds. The second kappa shape index (κ2) is 5.66. The fraction of sp³-hybridized carbons (Fsp3) is 0.500. The summed E-state index contributed by atoms with van der Waals surface area (Å²) in [6.07, 6.45) is 2.37. The summed E-state index contributed by atoms with van der Waals surface area (Å²) in [5.41, 5.74) is 0. The third-order valence-electron chi connectivity index (χ3n) is 2.13. The molecule has 1 unspecified atom stereocenters. The Labute approximate surface area is 86.5 Å². The van der Waals surface area contributed by atoms with Gasteiger partial charge in [0, 0.05) is 0 Å². The monoisotopic (exact) mass is 193 g/mol. The number of hydrogen-bond acceptors (Lipinski definition) is 2. The van der Waals surface area contributed by atoms with Crippen LogP contribution in [0.2, 0.25) is 0 Å². The first-order valence-electron chi connectivity index (χ1n) is 5.12. The highest BCUT2D eigenvalue weighted by atomic mass is 16.5. The Morgan fingerprint density at radius 2 is 1.86 bits per heavy atom. The molecular formula is C12H19NO. The number of para-hydroxylation sites is 1. The summed E-state index contributed by atoms with van der Waals surface area (Å²) in [6.45, 7) is 2.17. The molecule has 1 aromatic carbocycles. The molecule has 0 heterocycles. The van der Waals surface area contributed by atoms with E-state index in [1.54, 1.807) is 0 Å². The van der Waals surface area contributed by atoms with Crippen LogP contribution < -0.4 is 4.74 Å². The Hall–Kier alpha value is -1.02. The maximum atomic E-state index is 5.84. The predicted molar refractivity (Wildman–Crippen MR) is 59.5 cm³/mol. The first-order chi connectivity index (χ1) is 6.74. The molecule has 2 heteroatoms. The first kappa shape index (κ1) is 11.1. The number of hydrogen-bond donors (Lipinski definition) is 0. The number of benzene rings is 1. The largest absolute Gasteiger partial charge is 0.475 e. The molecule has 0 fully saturated rings. The van der Waals surface area contributed by atoms with Crippen molar-refractivity contribution >= 4 is 0 Å². The molecule has 0 N–H and O–H groups in total. The van der Waals surface area contributed by atoms with Gasteiger partial charge in [0.1, 0.15) is 5.75 Å². The first-order valence-corrected chi connectivity index (χ1v) is 5.12. The minimum Gasteiger partial charge on any atom is -0.475 e. The van der Waals surface area contributed by atoms with Crippen molar-refractivity contribution < 1.29 is 4.74 Å². The predicted octanol–water partition coefficient (Wildman–Crippen LogP) is 2.75. The molecule has 0 spiro atoms. The molecule has 0 aliphatic heterocycles. The highest BCUT2D eigenvalue weighted by Gasteiger charge is 2.10. The fourth-order valence-corrected chi connectivity index (χ4v) is 1.33. The molecule has 0 aliphatic rings. The number of nitrogens with zero attached hydrogens (tertiary/aromatic N) is 1. The summed E-state index contributed by atoms with van der Waals surface area (Å²) in [4.78, 5) is 2.11. The van der Waals surface area contributed by atoms with Gasteiger partial charge in [-0.3, -0.25) is 4.90 Å². The van der Waals surface area contributed by atoms with E-state index < -0.39 is 0 Å². The van der Waals surface area contributed by atoms with Crippen LogP contribution in [-0.4, -0.2) is 25.2 Å². The molecule has 78 valence electrons. The van der Waals surface area contributed by atoms with Gasteiger partial charge < -0.3 is 4.74 Å². The molecule has 0 radical (unpaired) electrons. The Bertz CT molecular complexity index is 246. The second-order valence-corrected chi connectivity index (χ2v) is 3.64. The van der Waals surface area contributed by atoms with Gasteiger partial charge in [-0.25, -0.2) is 0 Å². The van der Waals surface area contributed by atoms with Gasteiger partial charge in [-0.15, -0.1) is 0 Å². The van der Waals surface area contributed by atoms with Crippen LogP contribution in [0, 0.1) is 0 Å². The Balaban J connectivity index is 2.55. The number of ether oxygens (including phenoxy) is 1. The van der Waals surface area contributed by atoms with Crippen LogP contribution >= 0.6 is 0 Å². The Morgan fingerprint density at radius 1 is 1.21 bits per heavy atom. The van der Waals surface area contributed by atoms with Gasteiger partial charge in [0.2, 0.25) is 0 Å². The summed E-state index contributed by atoms with van der Waals surface area (Å²) < 4.78 is 5.84. The van der Waals surface area contributed by atoms with E-state index in [9.17, 15) is 0 Å². The van der Waals surface area contributed by atoms with Gasteiger partial charge in [0.05, 0.1) is 0 Å². The lowest BCUT2D eigenvalue weighted by Crippen LogP contribution is -2.33. The van der Waals surface area contributed by atoms with E-state index in [0.717, 1.165) is 18.6 Å². The Morgan fingerprint density at radius 3 is 2.36 bits per heavy atom. The van der Waals surface area contributed by atoms with Gasteiger partial charge in [-0.05, 0) is 32.6 Å². The normalized spacial score (nSPS) is 12.9. The molecule has 1 aromatic rings. The zero-order valence-corrected chi connectivity index (χ0v) is 9.23. The van der Waals surface area contributed by atoms with Crippen LogP contribution in [0.1, 0.15) is 19.8 Å². The zero-order valence-electron chi connectivity index (χ0n) is 9.23. The molecule has 1 atom stereocenters. The van der Waals surface area contributed by atoms with Crippen LogP contribution in [-0.2, 0) is 0 Å². The van der Waals surface area contributed by atoms with E-state index >= 15 is 0 Å². The topological polar surface area (TPSA) is 12.5 Å². The van der Waals surface area contributed by atoms with Crippen LogP contribution in [0.3, 0.4) is 0 Å². The molecule has 0 bridgehead atoms. The fourth-order valence-electron chi connectivity index (χ4n) is 1.33. The minimum atomic E-state index is 0.183. The van der Waals surface area contributed by atoms with E-state index in [4.69, 9.17) is 4.74 Å². The lowest BCUT2D eigenvalue weighted by Gasteiger charge is -2.24. The lowest BCUT2D eigenvalue weighted by molar-refractivity contribution is 0.0562. The third-order valence-corrected chi connectivity index (χ3v) is 2.13. The summed E-state index contributed by atoms with van der Waals surface area (Å²) >= 11 is 0. The molecule has 2 nitrogen and oxygen atoms in total. The van der Waals surface area contributed by atoms with E-state index in [2.05, 4.69) is 11.8 Å². The van der Waals surface area contributed by atoms with Gasteiger partial charge in [0.15, 0.2) is 6.23 Å². The Kier molecular flexibility index (Phi) is 4.47. The average Bonchev–Trinajstić information content (AvgIpc) is 2.18. The van der Waals surface area contributed by atoms with E-state index in [1.165, 1.54) is 0 Å². The van der Waals surface area contributed by atoms with Crippen molar-refractivity contribution in [2.45, 2.75) is 26.0 Å². The smallest absolute Gasteiger partial charge is 0.152 e. The van der Waals surface area contributed by atoms with Crippen LogP contribution in [0.4, 0.5) is 0 Å². The average molecular weight is 193 g/mol. The highest BCUT2D eigenvalue weighted by Crippen LogP contribution is 2.14. The molecule has 0 aromatic heterocycles. The zero-order chi connectivity index (χ0) is 10.4. The summed E-state index contributed by atoms with van der Waals surface area (Å²) in [7, 11) is 4.09. The van der Waals surface area contributed by atoms with Crippen molar-refractivity contribution in [1.29, 1.82) is 0 Å². The van der Waals surface area contributed by atoms with E-state index in [1.807, 2.05) is 44.4 Å². The van der Waals surface area contributed by atoms with Crippen molar-refractivity contribution in [2.24, 2.45) is 0 Å². The maximum absolute atomic E-state index is 5.84. The maximum Gasteiger partial charge on any atom is 0.152 e. The van der Waals surface area contributed by atoms with Gasteiger partial charge in [0.25, 0.3) is 0 Å². The van der Waals surface area contributed by atoms with Gasteiger partial charge >= 0.3 is 0 Å². The lowest BCUT2D eigenvalue weighted by atomic mass is 10.3. The standard InChI is InChI=1S/C12H19NO/c1-4-8-12(13(2)3)14-11-9-6-5-7-10-11/h5-7,9-10,12H,4,8H2,1-3H3. The SMILES string of the molecule is CCCC(Oc1ccccc1)N(C)C. The van der Waals surface area contributed by atoms with Gasteiger partial charge in [-0.2, -0.15) is 0 Å². The van der Waals surface area contributed by atoms with Crippen molar-refractivity contribution in [3.63, 3.8) is 0 Å². The van der Waals surface area contributed by atoms with Gasteiger partial charge in [-0.1, -0.05) is 31.5 Å². The van der Waals surface area contributed by atoms with Crippen molar-refractivity contribution in [3.05, 3.63) is 30.3 Å². The molecule has 0 saturated heterocycles. The van der Waals surface area contributed by atoms with Crippen LogP contribution in [0.5, 0.6) is 5.75 Å². The number of rotatable bonds is 5. The summed E-state index contributed by atoms with van der Waals surface area (Å²) in [5.74, 6) is 0.944. The summed E-state index contributed by atoms with van der Waals surface area (Å²) in [5, 5.41) is 0. The molecule has 1 rings (SSSR count). The third kappa shape index (κ3) is 3.38. The van der Waals surface area contributed by atoms with Crippen LogP contribution in [0.25, 0.3) is 0 Å². The molecule has 0 aliphatic carbocycles. The minimum absolute atomic E-state index is 0.183. The highest BCUT2D eigenvalue weighted by molar-refractivity contribution is 5.21. The summed E-state index contributed by atoms with van der Waals surface area (Å²) in [6, 6.07) is 9.97. The second-order valence-electron chi connectivity index (χ2n) is 3.64. The van der Waals surface area contributed by atoms with E-state index in [-0.39, 0.29) is 6.23 Å². The van der Waals surface area contributed by atoms with Crippen molar-refractivity contribution in [1.82, 2.24) is 4.90 Å². The van der Waals surface area contributed by atoms with Crippen LogP contribution in [0.15, 0.2) is 30.3 Å². The van der Waals surface area contributed by atoms with Crippen molar-refractivity contribution in [2.75, 3.05) is 14.1 Å². The molecule has 14 heavy (non-hydrogen) atoms.